The smallest absolute Gasteiger partial charge is 0.261 e. The molecule has 5 nitrogen and oxygen atoms in total. The number of anilines is 1. The van der Waals surface area contributed by atoms with Crippen LogP contribution in [0.4, 0.5) is 5.69 Å². The highest BCUT2D eigenvalue weighted by molar-refractivity contribution is 9.10. The summed E-state index contributed by atoms with van der Waals surface area (Å²) >= 11 is 9.68. The maximum atomic E-state index is 12.8. The van der Waals surface area contributed by atoms with E-state index in [2.05, 4.69) is 39.4 Å². The lowest BCUT2D eigenvalue weighted by Gasteiger charge is -2.23. The van der Waals surface area contributed by atoms with Crippen LogP contribution in [0.2, 0.25) is 5.02 Å². The minimum absolute atomic E-state index is 0.121. The molecule has 0 unspecified atom stereocenters. The molecule has 3 rings (SSSR count). The van der Waals surface area contributed by atoms with Crippen molar-refractivity contribution in [2.75, 3.05) is 17.9 Å². The van der Waals surface area contributed by atoms with Gasteiger partial charge in [0.2, 0.25) is 0 Å². The lowest BCUT2D eigenvalue weighted by Crippen LogP contribution is -2.32. The van der Waals surface area contributed by atoms with Gasteiger partial charge >= 0.3 is 0 Å². The molecule has 1 N–H and O–H groups in total. The van der Waals surface area contributed by atoms with Gasteiger partial charge in [0.1, 0.15) is 12.4 Å². The molecule has 0 aromatic heterocycles. The Balaban J connectivity index is 1.97. The SMILES string of the molecule is CC(C)N1CCOc2c(Cl)cc(S(=O)(=O)Nc3cccc(Br)c3)cc2C1. The molecule has 8 heteroatoms. The van der Waals surface area contributed by atoms with E-state index in [0.29, 0.717) is 35.7 Å². The molecule has 0 bridgehead atoms. The van der Waals surface area contributed by atoms with Gasteiger partial charge in [0.25, 0.3) is 10.0 Å². The quantitative estimate of drug-likeness (QED) is 0.731. The van der Waals surface area contributed by atoms with E-state index >= 15 is 0 Å². The fourth-order valence-electron chi connectivity index (χ4n) is 2.83. The van der Waals surface area contributed by atoms with Crippen molar-refractivity contribution in [3.05, 3.63) is 51.5 Å². The van der Waals surface area contributed by atoms with Gasteiger partial charge in [-0.05, 0) is 44.2 Å². The first kappa shape index (κ1) is 19.5. The fraction of sp³-hybridized carbons (Fsp3) is 0.333. The number of fused-ring (bicyclic) bond motifs is 1. The third-order valence-corrected chi connectivity index (χ3v) is 6.34. The Hall–Kier alpha value is -1.28. The molecule has 26 heavy (non-hydrogen) atoms. The van der Waals surface area contributed by atoms with E-state index < -0.39 is 10.0 Å². The van der Waals surface area contributed by atoms with E-state index in [1.54, 1.807) is 24.3 Å². The number of sulfonamides is 1. The molecule has 0 radical (unpaired) electrons. The molecule has 0 saturated heterocycles. The zero-order chi connectivity index (χ0) is 18.9. The molecular weight excluding hydrogens is 440 g/mol. The molecule has 2 aromatic rings. The van der Waals surface area contributed by atoms with Crippen LogP contribution in [0, 0.1) is 0 Å². The van der Waals surface area contributed by atoms with Gasteiger partial charge in [-0.3, -0.25) is 9.62 Å². The summed E-state index contributed by atoms with van der Waals surface area (Å²) in [6.07, 6.45) is 0. The van der Waals surface area contributed by atoms with Crippen LogP contribution in [0.3, 0.4) is 0 Å². The summed E-state index contributed by atoms with van der Waals surface area (Å²) in [5, 5.41) is 0.308. The van der Waals surface area contributed by atoms with Gasteiger partial charge in [-0.25, -0.2) is 8.42 Å². The summed E-state index contributed by atoms with van der Waals surface area (Å²) in [5.41, 5.74) is 1.25. The van der Waals surface area contributed by atoms with Crippen molar-refractivity contribution in [1.29, 1.82) is 0 Å². The number of nitrogens with zero attached hydrogens (tertiary/aromatic N) is 1. The van der Waals surface area contributed by atoms with Gasteiger partial charge in [0.15, 0.2) is 0 Å². The second-order valence-corrected chi connectivity index (χ2v) is 9.43. The zero-order valence-electron chi connectivity index (χ0n) is 14.5. The van der Waals surface area contributed by atoms with Gasteiger partial charge in [-0.1, -0.05) is 33.6 Å². The largest absolute Gasteiger partial charge is 0.490 e. The average Bonchev–Trinajstić information content (AvgIpc) is 2.77. The lowest BCUT2D eigenvalue weighted by atomic mass is 10.1. The number of hydrogen-bond donors (Lipinski definition) is 1. The van der Waals surface area contributed by atoms with E-state index in [0.717, 1.165) is 16.6 Å². The highest BCUT2D eigenvalue weighted by Crippen LogP contribution is 2.35. The molecule has 0 spiro atoms. The van der Waals surface area contributed by atoms with E-state index in [4.69, 9.17) is 16.3 Å². The van der Waals surface area contributed by atoms with Gasteiger partial charge in [0.05, 0.1) is 9.92 Å². The molecule has 0 atom stereocenters. The van der Waals surface area contributed by atoms with Crippen molar-refractivity contribution < 1.29 is 13.2 Å². The number of nitrogens with one attached hydrogen (secondary N) is 1. The number of benzene rings is 2. The minimum Gasteiger partial charge on any atom is -0.490 e. The maximum Gasteiger partial charge on any atom is 0.261 e. The highest BCUT2D eigenvalue weighted by Gasteiger charge is 2.24. The predicted octanol–water partition coefficient (Wildman–Crippen LogP) is 4.51. The standard InChI is InChI=1S/C18H20BrClN2O3S/c1-12(2)22-6-7-25-18-13(11-22)8-16(10-17(18)20)26(23,24)21-15-5-3-4-14(19)9-15/h3-5,8-10,12,21H,6-7,11H2,1-2H3. The molecule has 0 fully saturated rings. The summed E-state index contributed by atoms with van der Waals surface area (Å²) in [6, 6.07) is 10.4. The Morgan fingerprint density at radius 1 is 1.27 bits per heavy atom. The number of rotatable bonds is 4. The summed E-state index contributed by atoms with van der Waals surface area (Å²) in [5.74, 6) is 0.566. The van der Waals surface area contributed by atoms with Crippen molar-refractivity contribution >= 4 is 43.2 Å². The topological polar surface area (TPSA) is 58.6 Å². The summed E-state index contributed by atoms with van der Waals surface area (Å²) in [4.78, 5) is 2.34. The van der Waals surface area contributed by atoms with Crippen LogP contribution < -0.4 is 9.46 Å². The maximum absolute atomic E-state index is 12.8. The number of ether oxygens (including phenoxy) is 1. The van der Waals surface area contributed by atoms with Crippen LogP contribution >= 0.6 is 27.5 Å². The van der Waals surface area contributed by atoms with Gasteiger partial charge in [0, 0.05) is 34.9 Å². The van der Waals surface area contributed by atoms with Crippen LogP contribution in [0.25, 0.3) is 0 Å². The summed E-state index contributed by atoms with van der Waals surface area (Å²) < 4.78 is 34.8. The van der Waals surface area contributed by atoms with Crippen molar-refractivity contribution in [1.82, 2.24) is 4.90 Å². The van der Waals surface area contributed by atoms with Crippen molar-refractivity contribution in [2.45, 2.75) is 31.3 Å². The second kappa shape index (κ2) is 7.76. The fourth-order valence-corrected chi connectivity index (χ4v) is 4.71. The van der Waals surface area contributed by atoms with Crippen LogP contribution in [-0.4, -0.2) is 32.5 Å². The Labute approximate surface area is 167 Å². The van der Waals surface area contributed by atoms with Crippen LogP contribution in [-0.2, 0) is 16.6 Å². The molecule has 0 amide bonds. The Morgan fingerprint density at radius 2 is 2.04 bits per heavy atom. The second-order valence-electron chi connectivity index (χ2n) is 6.42. The zero-order valence-corrected chi connectivity index (χ0v) is 17.7. The Morgan fingerprint density at radius 3 is 2.73 bits per heavy atom. The van der Waals surface area contributed by atoms with Gasteiger partial charge in [-0.2, -0.15) is 0 Å². The molecule has 1 aliphatic heterocycles. The van der Waals surface area contributed by atoms with Crippen LogP contribution in [0.5, 0.6) is 5.75 Å². The molecule has 0 saturated carbocycles. The van der Waals surface area contributed by atoms with Crippen LogP contribution in [0.15, 0.2) is 45.8 Å². The van der Waals surface area contributed by atoms with Crippen molar-refractivity contribution in [2.24, 2.45) is 0 Å². The van der Waals surface area contributed by atoms with Crippen molar-refractivity contribution in [3.8, 4) is 5.75 Å². The molecule has 0 aliphatic carbocycles. The molecule has 1 heterocycles. The normalized spacial score (nSPS) is 15.3. The van der Waals surface area contributed by atoms with E-state index in [1.165, 1.54) is 6.07 Å². The molecule has 140 valence electrons. The van der Waals surface area contributed by atoms with Crippen molar-refractivity contribution in [3.63, 3.8) is 0 Å². The monoisotopic (exact) mass is 458 g/mol. The van der Waals surface area contributed by atoms with E-state index in [9.17, 15) is 8.42 Å². The first-order valence-corrected chi connectivity index (χ1v) is 10.9. The highest BCUT2D eigenvalue weighted by atomic mass is 79.9. The first-order valence-electron chi connectivity index (χ1n) is 8.24. The summed E-state index contributed by atoms with van der Waals surface area (Å²) in [6.45, 7) is 6.07. The Bertz CT molecular complexity index is 919. The molecular formula is C18H20BrClN2O3S. The lowest BCUT2D eigenvalue weighted by molar-refractivity contribution is 0.189. The third kappa shape index (κ3) is 4.34. The van der Waals surface area contributed by atoms with E-state index in [-0.39, 0.29) is 4.90 Å². The van der Waals surface area contributed by atoms with E-state index in [1.807, 2.05) is 6.07 Å². The molecule has 2 aromatic carbocycles. The first-order chi connectivity index (χ1) is 12.3. The van der Waals surface area contributed by atoms with Crippen LogP contribution in [0.1, 0.15) is 19.4 Å². The summed E-state index contributed by atoms with van der Waals surface area (Å²) in [7, 11) is -3.77. The number of hydrogen-bond acceptors (Lipinski definition) is 4. The van der Waals surface area contributed by atoms with Gasteiger partial charge < -0.3 is 4.74 Å². The average molecular weight is 460 g/mol. The van der Waals surface area contributed by atoms with Gasteiger partial charge in [-0.15, -0.1) is 0 Å². The number of halogens is 2. The predicted molar refractivity (Wildman–Crippen MR) is 107 cm³/mol. The third-order valence-electron chi connectivity index (χ3n) is 4.21. The Kier molecular flexibility index (Phi) is 5.81. The molecule has 1 aliphatic rings. The minimum atomic E-state index is -3.77.